The number of esters is 1. The molecule has 1 saturated heterocycles. The lowest BCUT2D eigenvalue weighted by Crippen LogP contribution is -2.19. The van der Waals surface area contributed by atoms with E-state index in [-0.39, 0.29) is 12.2 Å². The molecule has 21 heavy (non-hydrogen) atoms. The molecule has 1 fully saturated rings. The molecule has 0 amide bonds. The molecule has 0 spiro atoms. The summed E-state index contributed by atoms with van der Waals surface area (Å²) >= 11 is 2.24. The zero-order chi connectivity index (χ0) is 15.2. The average molecular weight is 326 g/mol. The van der Waals surface area contributed by atoms with Crippen LogP contribution in [0.25, 0.3) is 0 Å². The molecule has 5 nitrogen and oxygen atoms in total. The Kier molecular flexibility index (Phi) is 5.86. The van der Waals surface area contributed by atoms with Gasteiger partial charge in [0.25, 0.3) is 0 Å². The standard InChI is InChI=1S/C14H14O5S2/c15-6-10(16)12(14-20-8-11(17)21-14)13(18)19-7-9-4-2-1-3-5-9/h1-5,11,15,17H,6-8H2. The molecule has 2 N–H and O–H groups in total. The van der Waals surface area contributed by atoms with Crippen LogP contribution in [-0.2, 0) is 20.9 Å². The monoisotopic (exact) mass is 326 g/mol. The lowest BCUT2D eigenvalue weighted by atomic mass is 10.2. The number of ether oxygens (including phenoxy) is 1. The predicted molar refractivity (Wildman–Crippen MR) is 81.4 cm³/mol. The number of ketones is 1. The summed E-state index contributed by atoms with van der Waals surface area (Å²) in [6.45, 7) is -0.719. The summed E-state index contributed by atoms with van der Waals surface area (Å²) in [7, 11) is 0. The van der Waals surface area contributed by atoms with E-state index >= 15 is 0 Å². The highest BCUT2D eigenvalue weighted by Gasteiger charge is 2.30. The largest absolute Gasteiger partial charge is 0.457 e. The predicted octanol–water partition coefficient (Wildman–Crippen LogP) is 1.30. The van der Waals surface area contributed by atoms with E-state index < -0.39 is 23.8 Å². The van der Waals surface area contributed by atoms with E-state index in [0.29, 0.717) is 9.99 Å². The van der Waals surface area contributed by atoms with Gasteiger partial charge in [0.05, 0.1) is 4.24 Å². The molecule has 1 aromatic carbocycles. The van der Waals surface area contributed by atoms with Crippen LogP contribution in [0.3, 0.4) is 0 Å². The molecule has 0 bridgehead atoms. The summed E-state index contributed by atoms with van der Waals surface area (Å²) in [6, 6.07) is 9.09. The highest BCUT2D eigenvalue weighted by atomic mass is 32.2. The number of benzene rings is 1. The lowest BCUT2D eigenvalue weighted by Gasteiger charge is -2.09. The van der Waals surface area contributed by atoms with Crippen molar-refractivity contribution in [3.8, 4) is 0 Å². The minimum Gasteiger partial charge on any atom is -0.457 e. The zero-order valence-electron chi connectivity index (χ0n) is 11.0. The molecule has 1 aromatic rings. The van der Waals surface area contributed by atoms with Crippen molar-refractivity contribution in [2.45, 2.75) is 12.0 Å². The van der Waals surface area contributed by atoms with Gasteiger partial charge in [0.2, 0.25) is 0 Å². The molecule has 1 heterocycles. The Labute approximate surface area is 130 Å². The number of carbonyl (C=O) groups is 2. The van der Waals surface area contributed by atoms with Crippen LogP contribution in [0.5, 0.6) is 0 Å². The van der Waals surface area contributed by atoms with Crippen LogP contribution in [0.15, 0.2) is 40.1 Å². The first-order valence-electron chi connectivity index (χ1n) is 6.18. The average Bonchev–Trinajstić information content (AvgIpc) is 2.92. The molecular formula is C14H14O5S2. The van der Waals surface area contributed by atoms with Gasteiger partial charge in [0.1, 0.15) is 24.2 Å². The molecule has 2 rings (SSSR count). The summed E-state index contributed by atoms with van der Waals surface area (Å²) < 4.78 is 5.53. The SMILES string of the molecule is O=C(CO)C(C(=O)OCc1ccccc1)=C1SCC(O)S1. The molecule has 0 saturated carbocycles. The Morgan fingerprint density at radius 3 is 2.57 bits per heavy atom. The number of aliphatic hydroxyl groups is 2. The summed E-state index contributed by atoms with van der Waals surface area (Å²) in [5.74, 6) is -1.08. The van der Waals surface area contributed by atoms with Crippen molar-refractivity contribution >= 4 is 35.3 Å². The van der Waals surface area contributed by atoms with Crippen LogP contribution >= 0.6 is 23.5 Å². The summed E-state index contributed by atoms with van der Waals surface area (Å²) in [6.07, 6.45) is 0. The number of carbonyl (C=O) groups excluding carboxylic acids is 2. The normalized spacial score (nSPS) is 20.2. The molecular weight excluding hydrogens is 312 g/mol. The van der Waals surface area contributed by atoms with Crippen LogP contribution in [0.1, 0.15) is 5.56 Å². The van der Waals surface area contributed by atoms with Crippen molar-refractivity contribution < 1.29 is 24.5 Å². The Hall–Kier alpha value is -1.28. The van der Waals surface area contributed by atoms with Crippen LogP contribution in [-0.4, -0.2) is 39.8 Å². The van der Waals surface area contributed by atoms with Gasteiger partial charge in [-0.05, 0) is 5.56 Å². The van der Waals surface area contributed by atoms with Gasteiger partial charge in [-0.3, -0.25) is 4.79 Å². The summed E-state index contributed by atoms with van der Waals surface area (Å²) in [4.78, 5) is 23.8. The van der Waals surface area contributed by atoms with Crippen molar-refractivity contribution in [1.82, 2.24) is 0 Å². The van der Waals surface area contributed by atoms with Gasteiger partial charge < -0.3 is 14.9 Å². The number of thioether (sulfide) groups is 2. The van der Waals surface area contributed by atoms with E-state index in [4.69, 9.17) is 9.84 Å². The van der Waals surface area contributed by atoms with Gasteiger partial charge in [0, 0.05) is 5.75 Å². The van der Waals surface area contributed by atoms with E-state index in [1.54, 1.807) is 12.1 Å². The maximum Gasteiger partial charge on any atom is 0.343 e. The van der Waals surface area contributed by atoms with Crippen molar-refractivity contribution in [3.05, 3.63) is 45.7 Å². The first kappa shape index (κ1) is 16.1. The van der Waals surface area contributed by atoms with Crippen LogP contribution < -0.4 is 0 Å². The fraction of sp³-hybridized carbons (Fsp3) is 0.286. The van der Waals surface area contributed by atoms with Gasteiger partial charge in [-0.25, -0.2) is 4.79 Å². The van der Waals surface area contributed by atoms with E-state index in [2.05, 4.69) is 0 Å². The van der Waals surface area contributed by atoms with Crippen molar-refractivity contribution in [2.75, 3.05) is 12.4 Å². The smallest absolute Gasteiger partial charge is 0.343 e. The second kappa shape index (κ2) is 7.65. The number of Topliss-reactive ketones (excluding diaryl/α,β-unsaturated/α-hetero) is 1. The van der Waals surface area contributed by atoms with Crippen molar-refractivity contribution in [3.63, 3.8) is 0 Å². The van der Waals surface area contributed by atoms with Crippen LogP contribution in [0.4, 0.5) is 0 Å². The molecule has 1 aliphatic heterocycles. The van der Waals surface area contributed by atoms with E-state index in [0.717, 1.165) is 17.3 Å². The van der Waals surface area contributed by atoms with Crippen molar-refractivity contribution in [1.29, 1.82) is 0 Å². The number of rotatable bonds is 5. The Balaban J connectivity index is 2.10. The lowest BCUT2D eigenvalue weighted by molar-refractivity contribution is -0.142. The second-order valence-electron chi connectivity index (χ2n) is 4.19. The topological polar surface area (TPSA) is 83.8 Å². The number of aliphatic hydroxyl groups excluding tert-OH is 2. The fourth-order valence-electron chi connectivity index (χ4n) is 1.66. The molecule has 0 aliphatic carbocycles. The molecule has 112 valence electrons. The van der Waals surface area contributed by atoms with Gasteiger partial charge in [0.15, 0.2) is 5.78 Å². The van der Waals surface area contributed by atoms with Gasteiger partial charge in [-0.2, -0.15) is 0 Å². The van der Waals surface area contributed by atoms with E-state index in [9.17, 15) is 14.7 Å². The summed E-state index contributed by atoms with van der Waals surface area (Å²) in [5.41, 5.74) is -0.0354. The molecule has 1 aliphatic rings. The first-order chi connectivity index (χ1) is 10.1. The molecule has 1 unspecified atom stereocenters. The second-order valence-corrected chi connectivity index (χ2v) is 6.67. The summed E-state index contributed by atoms with van der Waals surface area (Å²) in [5, 5.41) is 18.5. The van der Waals surface area contributed by atoms with E-state index in [1.807, 2.05) is 18.2 Å². The fourth-order valence-corrected chi connectivity index (χ4v) is 4.14. The Morgan fingerprint density at radius 1 is 1.29 bits per heavy atom. The third-order valence-electron chi connectivity index (χ3n) is 2.64. The van der Waals surface area contributed by atoms with Gasteiger partial charge in [-0.15, -0.1) is 11.8 Å². The zero-order valence-corrected chi connectivity index (χ0v) is 12.7. The highest BCUT2D eigenvalue weighted by molar-refractivity contribution is 8.25. The Morgan fingerprint density at radius 2 is 2.00 bits per heavy atom. The molecule has 0 aromatic heterocycles. The van der Waals surface area contributed by atoms with Crippen LogP contribution in [0.2, 0.25) is 0 Å². The first-order valence-corrected chi connectivity index (χ1v) is 8.05. The third kappa shape index (κ3) is 4.34. The number of hydrogen-bond donors (Lipinski definition) is 2. The maximum absolute atomic E-state index is 12.1. The quantitative estimate of drug-likeness (QED) is 0.365. The molecule has 7 heteroatoms. The maximum atomic E-state index is 12.1. The van der Waals surface area contributed by atoms with Gasteiger partial charge >= 0.3 is 5.97 Å². The minimum atomic E-state index is -0.776. The molecule has 0 radical (unpaired) electrons. The van der Waals surface area contributed by atoms with Gasteiger partial charge in [-0.1, -0.05) is 42.1 Å². The minimum absolute atomic E-state index is 0.0487. The third-order valence-corrected chi connectivity index (χ3v) is 5.30. The van der Waals surface area contributed by atoms with E-state index in [1.165, 1.54) is 11.8 Å². The molecule has 1 atom stereocenters. The van der Waals surface area contributed by atoms with Crippen LogP contribution in [0, 0.1) is 0 Å². The highest BCUT2D eigenvalue weighted by Crippen LogP contribution is 2.42. The Bertz CT molecular complexity index is 556. The van der Waals surface area contributed by atoms with Crippen molar-refractivity contribution in [2.24, 2.45) is 0 Å². The number of hydrogen-bond acceptors (Lipinski definition) is 7.